The van der Waals surface area contributed by atoms with Gasteiger partial charge in [0, 0.05) is 0 Å². The molecular weight excluding hydrogens is 87.0 g/mol. The number of hydrogen-bond donors (Lipinski definition) is 1. The molecule has 4 heteroatoms. The summed E-state index contributed by atoms with van der Waals surface area (Å²) in [5, 5.41) is 7.01. The molecule has 0 saturated heterocycles. The van der Waals surface area contributed by atoms with E-state index >= 15 is 0 Å². The first-order valence-electron chi connectivity index (χ1n) is 0.654. The molecule has 0 aliphatic rings. The first kappa shape index (κ1) is 8.88. The highest BCUT2D eigenvalue weighted by atomic mass is 27.0. The average Bonchev–Trinajstić information content (AvgIpc) is 1.37. The monoisotopic (exact) mass is 92.0 g/mol. The lowest BCUT2D eigenvalue weighted by atomic mass is 11.7. The Morgan fingerprint density at radius 1 is 1.80 bits per heavy atom. The maximum absolute atomic E-state index is 8.70. The van der Waals surface area contributed by atoms with Gasteiger partial charge in [-0.1, -0.05) is 0 Å². The largest absolute Gasteiger partial charge is 0.330 e. The summed E-state index contributed by atoms with van der Waals surface area (Å²) in [6, 6.07) is 0. The molecule has 0 unspecified atom stereocenters. The Morgan fingerprint density at radius 2 is 2.00 bits per heavy atom. The zero-order valence-corrected chi connectivity index (χ0v) is 1.84. The molecule has 0 aliphatic carbocycles. The molecule has 0 saturated carbocycles. The molecule has 0 aliphatic heterocycles. The van der Waals surface area contributed by atoms with Crippen molar-refractivity contribution in [3.05, 3.63) is 0 Å². The van der Waals surface area contributed by atoms with E-state index in [2.05, 4.69) is 4.89 Å². The summed E-state index contributed by atoms with van der Waals surface area (Å²) < 4.78 is 0. The smallest absolute Gasteiger partial charge is 0.304 e. The van der Waals surface area contributed by atoms with Gasteiger partial charge in [0.25, 0.3) is 0 Å². The highest BCUT2D eigenvalue weighted by Crippen LogP contribution is 1.33. The topological polar surface area (TPSA) is 46.5 Å². The van der Waals surface area contributed by atoms with Crippen LogP contribution in [0.4, 0.5) is 0 Å². The molecule has 0 rings (SSSR count). The minimum atomic E-state index is -0.0694. The molecule has 0 amide bonds. The minimum absolute atomic E-state index is 0. The average molecular weight is 92.0 g/mol. The SMILES string of the molecule is O=COO.[AlH3]. The first-order chi connectivity index (χ1) is 1.91. The Labute approximate surface area is 39.6 Å². The van der Waals surface area contributed by atoms with E-state index in [1.54, 1.807) is 0 Å². The Bertz CT molecular complexity index is 20.9. The number of carbonyl (C=O) groups is 1. The van der Waals surface area contributed by atoms with Gasteiger partial charge in [-0.05, 0) is 0 Å². The Kier molecular flexibility index (Phi) is 16.0. The van der Waals surface area contributed by atoms with Crippen LogP contribution in [-0.4, -0.2) is 29.1 Å². The van der Waals surface area contributed by atoms with Gasteiger partial charge in [-0.15, -0.1) is 0 Å². The van der Waals surface area contributed by atoms with Gasteiger partial charge < -0.3 is 4.89 Å². The summed E-state index contributed by atoms with van der Waals surface area (Å²) in [6.07, 6.45) is 0. The van der Waals surface area contributed by atoms with Crippen LogP contribution in [0.1, 0.15) is 0 Å². The van der Waals surface area contributed by atoms with E-state index in [-0.39, 0.29) is 23.8 Å². The van der Waals surface area contributed by atoms with Crippen molar-refractivity contribution < 1.29 is 14.9 Å². The second kappa shape index (κ2) is 9.03. The standard InChI is InChI=1S/CH2O3.Al.3H/c2-1-4-3;;;;/h1,3H;;;;. The van der Waals surface area contributed by atoms with Gasteiger partial charge in [0.2, 0.25) is 0 Å². The number of rotatable bonds is 1. The van der Waals surface area contributed by atoms with E-state index in [4.69, 9.17) is 10.1 Å². The van der Waals surface area contributed by atoms with E-state index in [0.717, 1.165) is 0 Å². The maximum Gasteiger partial charge on any atom is 0.330 e. The van der Waals surface area contributed by atoms with Crippen molar-refractivity contribution in [2.45, 2.75) is 0 Å². The van der Waals surface area contributed by atoms with Crippen molar-refractivity contribution in [3.8, 4) is 0 Å². The lowest BCUT2D eigenvalue weighted by Crippen LogP contribution is -1.69. The molecule has 1 N–H and O–H groups in total. The van der Waals surface area contributed by atoms with E-state index in [0.29, 0.717) is 0 Å². The van der Waals surface area contributed by atoms with Crippen LogP contribution in [0.3, 0.4) is 0 Å². The highest BCUT2D eigenvalue weighted by Gasteiger charge is 1.47. The Morgan fingerprint density at radius 3 is 2.00 bits per heavy atom. The van der Waals surface area contributed by atoms with Crippen LogP contribution in [-0.2, 0) is 9.68 Å². The molecule has 0 spiro atoms. The van der Waals surface area contributed by atoms with Crippen molar-refractivity contribution in [3.63, 3.8) is 0 Å². The third-order valence-corrected chi connectivity index (χ3v) is 0.0430. The molecule has 0 fully saturated rings. The lowest BCUT2D eigenvalue weighted by molar-refractivity contribution is -0.217. The van der Waals surface area contributed by atoms with Crippen LogP contribution in [0.5, 0.6) is 0 Å². The molecular formula is CH5AlO3. The van der Waals surface area contributed by atoms with Crippen molar-refractivity contribution in [2.24, 2.45) is 0 Å². The van der Waals surface area contributed by atoms with Gasteiger partial charge in [0.15, 0.2) is 17.4 Å². The predicted octanol–water partition coefficient (Wildman–Crippen LogP) is -1.55. The van der Waals surface area contributed by atoms with Crippen molar-refractivity contribution in [1.29, 1.82) is 0 Å². The highest BCUT2D eigenvalue weighted by molar-refractivity contribution is 5.75. The molecule has 0 aromatic carbocycles. The van der Waals surface area contributed by atoms with Gasteiger partial charge >= 0.3 is 6.47 Å². The van der Waals surface area contributed by atoms with Gasteiger partial charge in [-0.25, -0.2) is 5.26 Å². The molecule has 0 heterocycles. The minimum Gasteiger partial charge on any atom is -0.304 e. The van der Waals surface area contributed by atoms with Gasteiger partial charge in [0.1, 0.15) is 0 Å². The first-order valence-corrected chi connectivity index (χ1v) is 0.654. The normalized spacial score (nSPS) is 4.20. The quantitative estimate of drug-likeness (QED) is 0.184. The summed E-state index contributed by atoms with van der Waals surface area (Å²) in [4.78, 5) is 11.6. The van der Waals surface area contributed by atoms with E-state index in [1.807, 2.05) is 0 Å². The fourth-order valence-corrected chi connectivity index (χ4v) is 0. The van der Waals surface area contributed by atoms with E-state index in [1.165, 1.54) is 0 Å². The zero-order chi connectivity index (χ0) is 3.41. The summed E-state index contributed by atoms with van der Waals surface area (Å²) in [5.74, 6) is 0. The lowest BCUT2D eigenvalue weighted by Gasteiger charge is -1.63. The van der Waals surface area contributed by atoms with Gasteiger partial charge in [0.05, 0.1) is 0 Å². The Hall–Kier alpha value is -0.0375. The van der Waals surface area contributed by atoms with Crippen LogP contribution >= 0.6 is 0 Å². The fourth-order valence-electron chi connectivity index (χ4n) is 0. The van der Waals surface area contributed by atoms with Crippen molar-refractivity contribution in [2.75, 3.05) is 0 Å². The maximum atomic E-state index is 8.70. The summed E-state index contributed by atoms with van der Waals surface area (Å²) in [6.45, 7) is -0.0694. The molecule has 0 radical (unpaired) electrons. The third kappa shape index (κ3) is 16.5. The molecule has 5 heavy (non-hydrogen) atoms. The van der Waals surface area contributed by atoms with E-state index < -0.39 is 0 Å². The number of carbonyl (C=O) groups excluding carboxylic acids is 1. The molecule has 30 valence electrons. The van der Waals surface area contributed by atoms with Crippen LogP contribution in [0, 0.1) is 0 Å². The van der Waals surface area contributed by atoms with Crippen LogP contribution in [0.25, 0.3) is 0 Å². The van der Waals surface area contributed by atoms with Crippen LogP contribution in [0.2, 0.25) is 0 Å². The summed E-state index contributed by atoms with van der Waals surface area (Å²) >= 11 is 0. The predicted molar refractivity (Wildman–Crippen MR) is 19.7 cm³/mol. The van der Waals surface area contributed by atoms with Gasteiger partial charge in [-0.3, -0.25) is 4.79 Å². The fraction of sp³-hybridized carbons (Fsp3) is 0. The second-order valence-electron chi connectivity index (χ2n) is 0.202. The summed E-state index contributed by atoms with van der Waals surface area (Å²) in [5.41, 5.74) is 0. The molecule has 0 aromatic rings. The second-order valence-corrected chi connectivity index (χ2v) is 0.202. The molecule has 0 atom stereocenters. The van der Waals surface area contributed by atoms with Gasteiger partial charge in [-0.2, -0.15) is 0 Å². The van der Waals surface area contributed by atoms with Crippen molar-refractivity contribution >= 4 is 23.8 Å². The Balaban J connectivity index is 0. The molecule has 0 bridgehead atoms. The number of hydrogen-bond acceptors (Lipinski definition) is 3. The zero-order valence-electron chi connectivity index (χ0n) is 1.84. The summed E-state index contributed by atoms with van der Waals surface area (Å²) in [7, 11) is 0. The third-order valence-electron chi connectivity index (χ3n) is 0.0430. The molecule has 0 aromatic heterocycles. The molecule has 3 nitrogen and oxygen atoms in total. The van der Waals surface area contributed by atoms with E-state index in [9.17, 15) is 0 Å². The van der Waals surface area contributed by atoms with Crippen molar-refractivity contribution in [1.82, 2.24) is 0 Å². The van der Waals surface area contributed by atoms with Crippen LogP contribution in [0.15, 0.2) is 0 Å². The van der Waals surface area contributed by atoms with Crippen LogP contribution < -0.4 is 0 Å².